The molecule has 33 heavy (non-hydrogen) atoms. The third kappa shape index (κ3) is 5.34. The molecule has 1 aliphatic heterocycles. The molecule has 0 atom stereocenters. The Labute approximate surface area is 194 Å². The Morgan fingerprint density at radius 3 is 2.18 bits per heavy atom. The van der Waals surface area contributed by atoms with E-state index in [0.717, 1.165) is 58.1 Å². The van der Waals surface area contributed by atoms with Gasteiger partial charge in [-0.2, -0.15) is 0 Å². The minimum atomic E-state index is -0.264. The fourth-order valence-electron chi connectivity index (χ4n) is 4.18. The molecule has 6 nitrogen and oxygen atoms in total. The van der Waals surface area contributed by atoms with Crippen molar-refractivity contribution >= 4 is 23.1 Å². The van der Waals surface area contributed by atoms with Gasteiger partial charge >= 0.3 is 6.03 Å². The van der Waals surface area contributed by atoms with Crippen LogP contribution in [0.15, 0.2) is 59.6 Å². The van der Waals surface area contributed by atoms with Crippen LogP contribution < -0.4 is 20.1 Å². The predicted molar refractivity (Wildman–Crippen MR) is 133 cm³/mol. The van der Waals surface area contributed by atoms with Crippen molar-refractivity contribution in [2.75, 3.05) is 31.4 Å². The van der Waals surface area contributed by atoms with Gasteiger partial charge in [-0.15, -0.1) is 0 Å². The van der Waals surface area contributed by atoms with Gasteiger partial charge in [-0.25, -0.2) is 4.79 Å². The van der Waals surface area contributed by atoms with Gasteiger partial charge in [-0.3, -0.25) is 4.99 Å². The Morgan fingerprint density at radius 1 is 0.879 bits per heavy atom. The summed E-state index contributed by atoms with van der Waals surface area (Å²) in [6, 6.07) is 17.6. The molecular weight excluding hydrogens is 414 g/mol. The van der Waals surface area contributed by atoms with Gasteiger partial charge in [-0.1, -0.05) is 18.2 Å². The Hall–Kier alpha value is -3.80. The molecular formula is C27H29N3O3. The molecule has 6 heteroatoms. The van der Waals surface area contributed by atoms with Crippen LogP contribution in [0.25, 0.3) is 0 Å². The lowest BCUT2D eigenvalue weighted by molar-refractivity contribution is 0.262. The van der Waals surface area contributed by atoms with Crippen molar-refractivity contribution in [3.05, 3.63) is 82.4 Å². The van der Waals surface area contributed by atoms with Crippen LogP contribution in [0.4, 0.5) is 16.2 Å². The van der Waals surface area contributed by atoms with Crippen molar-refractivity contribution < 1.29 is 14.3 Å². The number of amides is 2. The fourth-order valence-corrected chi connectivity index (χ4v) is 4.18. The van der Waals surface area contributed by atoms with Gasteiger partial charge in [0.05, 0.1) is 14.2 Å². The average molecular weight is 444 g/mol. The van der Waals surface area contributed by atoms with Gasteiger partial charge in [0.1, 0.15) is 0 Å². The number of urea groups is 1. The molecule has 1 aliphatic rings. The summed E-state index contributed by atoms with van der Waals surface area (Å²) in [5.74, 6) is 1.45. The summed E-state index contributed by atoms with van der Waals surface area (Å²) in [5.41, 5.74) is 8.21. The molecule has 2 N–H and O–H groups in total. The largest absolute Gasteiger partial charge is 0.493 e. The van der Waals surface area contributed by atoms with Crippen LogP contribution in [0.2, 0.25) is 0 Å². The molecule has 0 fully saturated rings. The first-order valence-electron chi connectivity index (χ1n) is 11.0. The SMILES string of the molecule is COc1cc2c(cc1OC)C(Cc1ccc(NC(=O)Nc3cc(C)cc(C)c3)cc1)=NCC2. The Balaban J connectivity index is 1.43. The lowest BCUT2D eigenvalue weighted by Crippen LogP contribution is -2.19. The quantitative estimate of drug-likeness (QED) is 0.524. The van der Waals surface area contributed by atoms with Gasteiger partial charge in [-0.05, 0) is 78.9 Å². The molecule has 0 spiro atoms. The van der Waals surface area contributed by atoms with E-state index in [1.165, 1.54) is 5.56 Å². The van der Waals surface area contributed by atoms with E-state index in [4.69, 9.17) is 14.5 Å². The predicted octanol–water partition coefficient (Wildman–Crippen LogP) is 5.55. The van der Waals surface area contributed by atoms with Gasteiger partial charge in [0.25, 0.3) is 0 Å². The number of hydrogen-bond donors (Lipinski definition) is 2. The van der Waals surface area contributed by atoms with E-state index < -0.39 is 0 Å². The van der Waals surface area contributed by atoms with Crippen molar-refractivity contribution in [1.29, 1.82) is 0 Å². The zero-order valence-electron chi connectivity index (χ0n) is 19.5. The zero-order valence-corrected chi connectivity index (χ0v) is 19.5. The number of nitrogens with zero attached hydrogens (tertiary/aromatic N) is 1. The van der Waals surface area contributed by atoms with Crippen LogP contribution in [0.5, 0.6) is 11.5 Å². The molecule has 0 aromatic heterocycles. The first kappa shape index (κ1) is 22.4. The first-order chi connectivity index (χ1) is 15.9. The smallest absolute Gasteiger partial charge is 0.323 e. The van der Waals surface area contributed by atoms with Crippen molar-refractivity contribution in [1.82, 2.24) is 0 Å². The topological polar surface area (TPSA) is 72.0 Å². The molecule has 0 radical (unpaired) electrons. The number of carbonyl (C=O) groups is 1. The fraction of sp³-hybridized carbons (Fsp3) is 0.259. The first-order valence-corrected chi connectivity index (χ1v) is 11.0. The number of hydrogen-bond acceptors (Lipinski definition) is 4. The van der Waals surface area contributed by atoms with Crippen molar-refractivity contribution in [2.24, 2.45) is 4.99 Å². The highest BCUT2D eigenvalue weighted by atomic mass is 16.5. The van der Waals surface area contributed by atoms with Gasteiger partial charge in [0, 0.05) is 35.6 Å². The minimum Gasteiger partial charge on any atom is -0.493 e. The number of ether oxygens (including phenoxy) is 2. The molecule has 0 aliphatic carbocycles. The molecule has 0 unspecified atom stereocenters. The van der Waals surface area contributed by atoms with E-state index in [9.17, 15) is 4.79 Å². The summed E-state index contributed by atoms with van der Waals surface area (Å²) in [6.07, 6.45) is 1.59. The number of anilines is 2. The summed E-state index contributed by atoms with van der Waals surface area (Å²) >= 11 is 0. The molecule has 0 bridgehead atoms. The lowest BCUT2D eigenvalue weighted by atomic mass is 9.93. The highest BCUT2D eigenvalue weighted by Crippen LogP contribution is 2.33. The Morgan fingerprint density at radius 2 is 1.52 bits per heavy atom. The van der Waals surface area contributed by atoms with Crippen LogP contribution in [0, 0.1) is 13.8 Å². The van der Waals surface area contributed by atoms with Crippen molar-refractivity contribution in [3.8, 4) is 11.5 Å². The summed E-state index contributed by atoms with van der Waals surface area (Å²) in [6.45, 7) is 4.78. The molecule has 1 heterocycles. The molecule has 0 saturated carbocycles. The van der Waals surface area contributed by atoms with E-state index in [0.29, 0.717) is 12.2 Å². The molecule has 170 valence electrons. The second-order valence-corrected chi connectivity index (χ2v) is 8.27. The lowest BCUT2D eigenvalue weighted by Gasteiger charge is -2.20. The number of aliphatic imine (C=N–C) groups is 1. The number of benzene rings is 3. The maximum Gasteiger partial charge on any atom is 0.323 e. The van der Waals surface area contributed by atoms with E-state index in [1.54, 1.807) is 14.2 Å². The molecule has 0 saturated heterocycles. The van der Waals surface area contributed by atoms with E-state index in [1.807, 2.05) is 62.4 Å². The molecule has 3 aromatic carbocycles. The summed E-state index contributed by atoms with van der Waals surface area (Å²) < 4.78 is 10.9. The van der Waals surface area contributed by atoms with Crippen molar-refractivity contribution in [2.45, 2.75) is 26.7 Å². The van der Waals surface area contributed by atoms with Crippen LogP contribution in [0.3, 0.4) is 0 Å². The van der Waals surface area contributed by atoms with Crippen LogP contribution >= 0.6 is 0 Å². The third-order valence-corrected chi connectivity index (χ3v) is 5.67. The highest BCUT2D eigenvalue weighted by Gasteiger charge is 2.18. The van der Waals surface area contributed by atoms with Gasteiger partial charge in [0.15, 0.2) is 11.5 Å². The average Bonchev–Trinajstić information content (AvgIpc) is 2.79. The number of methoxy groups -OCH3 is 2. The maximum atomic E-state index is 12.4. The normalized spacial score (nSPS) is 12.4. The molecule has 4 rings (SSSR count). The maximum absolute atomic E-state index is 12.4. The van der Waals surface area contributed by atoms with Crippen LogP contribution in [0.1, 0.15) is 27.8 Å². The molecule has 3 aromatic rings. The summed E-state index contributed by atoms with van der Waals surface area (Å²) in [7, 11) is 3.30. The minimum absolute atomic E-state index is 0.264. The standard InChI is InChI=1S/C27H29N3O3/c1-17-11-18(2)13-22(12-17)30-27(31)29-21-7-5-19(6-8-21)14-24-23-16-26(33-4)25(32-3)15-20(23)9-10-28-24/h5-8,11-13,15-16H,9-10,14H2,1-4H3,(H2,29,30,31). The van der Waals surface area contributed by atoms with E-state index in [-0.39, 0.29) is 6.03 Å². The number of fused-ring (bicyclic) bond motifs is 1. The number of aryl methyl sites for hydroxylation is 2. The number of rotatable bonds is 6. The number of carbonyl (C=O) groups excluding carboxylic acids is 1. The van der Waals surface area contributed by atoms with Crippen LogP contribution in [-0.4, -0.2) is 32.5 Å². The Kier molecular flexibility index (Phi) is 6.63. The highest BCUT2D eigenvalue weighted by molar-refractivity contribution is 6.04. The second-order valence-electron chi connectivity index (χ2n) is 8.27. The third-order valence-electron chi connectivity index (χ3n) is 5.67. The van der Waals surface area contributed by atoms with Crippen molar-refractivity contribution in [3.63, 3.8) is 0 Å². The van der Waals surface area contributed by atoms with E-state index >= 15 is 0 Å². The Bertz CT molecular complexity index is 1180. The molecule has 2 amide bonds. The second kappa shape index (κ2) is 9.77. The summed E-state index contributed by atoms with van der Waals surface area (Å²) in [5, 5.41) is 5.79. The number of nitrogens with one attached hydrogen (secondary N) is 2. The monoisotopic (exact) mass is 443 g/mol. The summed E-state index contributed by atoms with van der Waals surface area (Å²) in [4.78, 5) is 17.2. The zero-order chi connectivity index (χ0) is 23.4. The van der Waals surface area contributed by atoms with E-state index in [2.05, 4.69) is 16.7 Å². The van der Waals surface area contributed by atoms with Crippen LogP contribution in [-0.2, 0) is 12.8 Å². The van der Waals surface area contributed by atoms with Gasteiger partial charge < -0.3 is 20.1 Å². The van der Waals surface area contributed by atoms with Gasteiger partial charge in [0.2, 0.25) is 0 Å².